The number of nitrogen functional groups attached to an aromatic ring is 1. The van der Waals surface area contributed by atoms with Gasteiger partial charge in [-0.05, 0) is 62.3 Å². The van der Waals surface area contributed by atoms with E-state index in [0.717, 1.165) is 24.9 Å². The Morgan fingerprint density at radius 1 is 1.24 bits per heavy atom. The Morgan fingerprint density at radius 3 is 2.41 bits per heavy atom. The number of nitrogens with two attached hydrogens (primary N) is 1. The number of nitrogens with zero attached hydrogens (tertiary/aromatic N) is 1. The molecule has 0 heterocycles. The van der Waals surface area contributed by atoms with Crippen molar-refractivity contribution in [3.05, 3.63) is 65.8 Å². The smallest absolute Gasteiger partial charge is 0.0666 e. The number of anilines is 1. The number of hydrogen-bond acceptors (Lipinski definition) is 2. The van der Waals surface area contributed by atoms with Gasteiger partial charge in [0.25, 0.3) is 0 Å². The molecule has 0 saturated heterocycles. The topological polar surface area (TPSA) is 49.8 Å². The molecule has 1 aliphatic rings. The maximum Gasteiger partial charge on any atom is 0.0666 e. The van der Waals surface area contributed by atoms with Crippen LogP contribution in [0.15, 0.2) is 49.1 Å². The predicted octanol–water partition coefficient (Wildman–Crippen LogP) is 7.59. The van der Waals surface area contributed by atoms with Crippen molar-refractivity contribution in [2.45, 2.75) is 85.0 Å². The van der Waals surface area contributed by atoms with E-state index in [1.54, 1.807) is 0 Å². The molecular weight excluding hydrogens is 352 g/mol. The summed E-state index contributed by atoms with van der Waals surface area (Å²) in [5, 5.41) is 9.21. The highest BCUT2D eigenvalue weighted by molar-refractivity contribution is 5.61. The predicted molar refractivity (Wildman–Crippen MR) is 128 cm³/mol. The van der Waals surface area contributed by atoms with Gasteiger partial charge in [0.1, 0.15) is 0 Å². The van der Waals surface area contributed by atoms with Gasteiger partial charge in [-0.15, -0.1) is 13.2 Å². The summed E-state index contributed by atoms with van der Waals surface area (Å²) in [5.74, 6) is 0. The quantitative estimate of drug-likeness (QED) is 0.295. The summed E-state index contributed by atoms with van der Waals surface area (Å²) in [4.78, 5) is 0. The van der Waals surface area contributed by atoms with Gasteiger partial charge in [0.2, 0.25) is 0 Å². The third kappa shape index (κ3) is 5.02. The van der Waals surface area contributed by atoms with Crippen molar-refractivity contribution in [3.8, 4) is 6.07 Å². The summed E-state index contributed by atoms with van der Waals surface area (Å²) in [7, 11) is 0. The second kappa shape index (κ2) is 10.5. The fourth-order valence-corrected chi connectivity index (χ4v) is 4.88. The largest absolute Gasteiger partial charge is 0.398 e. The average molecular weight is 393 g/mol. The Kier molecular flexibility index (Phi) is 8.96. The van der Waals surface area contributed by atoms with E-state index in [0.29, 0.717) is 6.42 Å². The minimum Gasteiger partial charge on any atom is -0.398 e. The lowest BCUT2D eigenvalue weighted by Gasteiger charge is -2.50. The molecule has 2 unspecified atom stereocenters. The maximum atomic E-state index is 9.21. The number of allylic oxidation sites excluding steroid dienone is 3. The van der Waals surface area contributed by atoms with Crippen molar-refractivity contribution in [2.75, 3.05) is 5.73 Å². The zero-order valence-electron chi connectivity index (χ0n) is 19.3. The Hall–Kier alpha value is -2.27. The van der Waals surface area contributed by atoms with Crippen LogP contribution in [0.5, 0.6) is 0 Å². The van der Waals surface area contributed by atoms with E-state index in [4.69, 9.17) is 5.73 Å². The second-order valence-corrected chi connectivity index (χ2v) is 8.79. The average Bonchev–Trinajstić information content (AvgIpc) is 2.66. The molecule has 1 aliphatic carbocycles. The molecule has 2 atom stereocenters. The minimum atomic E-state index is -0.251. The number of benzene rings is 1. The first-order valence-electron chi connectivity index (χ1n) is 10.8. The van der Waals surface area contributed by atoms with E-state index in [1.807, 2.05) is 0 Å². The van der Waals surface area contributed by atoms with Crippen LogP contribution in [0.3, 0.4) is 0 Å². The lowest BCUT2D eigenvalue weighted by molar-refractivity contribution is 0.218. The van der Waals surface area contributed by atoms with Gasteiger partial charge < -0.3 is 5.73 Å². The summed E-state index contributed by atoms with van der Waals surface area (Å²) in [6.07, 6.45) is 9.56. The molecule has 158 valence electrons. The molecular formula is C27H40N2. The van der Waals surface area contributed by atoms with Gasteiger partial charge in [0.15, 0.2) is 0 Å². The number of aryl methyl sites for hydroxylation is 2. The van der Waals surface area contributed by atoms with E-state index < -0.39 is 0 Å². The molecule has 2 N–H and O–H groups in total. The fraction of sp³-hybridized carbons (Fsp3) is 0.519. The first kappa shape index (κ1) is 24.8. The molecule has 0 bridgehead atoms. The van der Waals surface area contributed by atoms with Crippen LogP contribution in [0, 0.1) is 23.7 Å². The van der Waals surface area contributed by atoms with Crippen LogP contribution < -0.4 is 5.73 Å². The molecule has 1 aromatic carbocycles. The first-order chi connectivity index (χ1) is 13.7. The molecule has 0 aliphatic heterocycles. The summed E-state index contributed by atoms with van der Waals surface area (Å²) in [5.41, 5.74) is 13.4. The van der Waals surface area contributed by atoms with Crippen molar-refractivity contribution in [2.24, 2.45) is 5.41 Å². The van der Waals surface area contributed by atoms with Gasteiger partial charge >= 0.3 is 0 Å². The zero-order chi connectivity index (χ0) is 22.2. The van der Waals surface area contributed by atoms with Crippen molar-refractivity contribution in [3.63, 3.8) is 0 Å². The van der Waals surface area contributed by atoms with Crippen LogP contribution in [0.1, 0.15) is 82.9 Å². The van der Waals surface area contributed by atoms with E-state index in [-0.39, 0.29) is 10.8 Å². The molecule has 2 rings (SSSR count). The third-order valence-corrected chi connectivity index (χ3v) is 6.85. The second-order valence-electron chi connectivity index (χ2n) is 8.79. The minimum absolute atomic E-state index is 0.0748. The Morgan fingerprint density at radius 2 is 1.90 bits per heavy atom. The first-order valence-corrected chi connectivity index (χ1v) is 10.8. The number of nitriles is 1. The number of rotatable bonds is 7. The fourth-order valence-electron chi connectivity index (χ4n) is 4.88. The highest BCUT2D eigenvalue weighted by Gasteiger charge is 2.48. The number of unbranched alkanes of at least 4 members (excludes halogenated alkanes) is 2. The van der Waals surface area contributed by atoms with E-state index in [9.17, 15) is 5.26 Å². The van der Waals surface area contributed by atoms with Crippen LogP contribution in [-0.4, -0.2) is 0 Å². The Bertz CT molecular complexity index is 772. The van der Waals surface area contributed by atoms with Gasteiger partial charge in [0.05, 0.1) is 12.5 Å². The van der Waals surface area contributed by atoms with Gasteiger partial charge in [-0.1, -0.05) is 63.5 Å². The summed E-state index contributed by atoms with van der Waals surface area (Å²) in [6.45, 7) is 21.5. The third-order valence-electron chi connectivity index (χ3n) is 6.85. The molecule has 1 aromatic rings. The lowest BCUT2D eigenvalue weighted by Crippen LogP contribution is -2.44. The SMILES string of the molecule is C=C.C=C(C)C1(C)CCC(CC#N)=CC1(C)c1c(C)cc(CCCCC)cc1N. The summed E-state index contributed by atoms with van der Waals surface area (Å²) < 4.78 is 0. The summed E-state index contributed by atoms with van der Waals surface area (Å²) >= 11 is 0. The maximum absolute atomic E-state index is 9.21. The van der Waals surface area contributed by atoms with E-state index >= 15 is 0 Å². The van der Waals surface area contributed by atoms with Crippen LogP contribution in [-0.2, 0) is 11.8 Å². The molecule has 0 saturated carbocycles. The van der Waals surface area contributed by atoms with Gasteiger partial charge in [-0.25, -0.2) is 0 Å². The van der Waals surface area contributed by atoms with Crippen molar-refractivity contribution in [1.29, 1.82) is 5.26 Å². The standard InChI is InChI=1S/C25H36N2.C2H4/c1-7-8-9-10-21-15-19(4)23(22(27)16-21)25(6)17-20(12-14-26)11-13-24(25,5)18(2)3;1-2/h15-17H,2,7-13,27H2,1,3-6H3;1-2H2. The normalized spacial score (nSPS) is 23.4. The molecule has 0 aromatic heterocycles. The molecule has 0 amide bonds. The van der Waals surface area contributed by atoms with Crippen LogP contribution in [0.4, 0.5) is 5.69 Å². The van der Waals surface area contributed by atoms with E-state index in [1.165, 1.54) is 47.1 Å². The zero-order valence-corrected chi connectivity index (χ0v) is 19.3. The van der Waals surface area contributed by atoms with Crippen molar-refractivity contribution >= 4 is 5.69 Å². The molecule has 2 nitrogen and oxygen atoms in total. The highest BCUT2D eigenvalue weighted by Crippen LogP contribution is 2.56. The molecule has 0 spiro atoms. The molecule has 29 heavy (non-hydrogen) atoms. The van der Waals surface area contributed by atoms with Crippen LogP contribution in [0.25, 0.3) is 0 Å². The molecule has 0 fully saturated rings. The van der Waals surface area contributed by atoms with Gasteiger partial charge in [-0.3, -0.25) is 0 Å². The van der Waals surface area contributed by atoms with Crippen molar-refractivity contribution in [1.82, 2.24) is 0 Å². The monoisotopic (exact) mass is 392 g/mol. The van der Waals surface area contributed by atoms with Crippen LogP contribution in [0.2, 0.25) is 0 Å². The molecule has 2 heteroatoms. The Labute approximate surface area is 179 Å². The highest BCUT2D eigenvalue weighted by atomic mass is 14.6. The lowest BCUT2D eigenvalue weighted by atomic mass is 9.53. The molecule has 0 radical (unpaired) electrons. The van der Waals surface area contributed by atoms with E-state index in [2.05, 4.69) is 78.6 Å². The van der Waals surface area contributed by atoms with Crippen LogP contribution >= 0.6 is 0 Å². The number of hydrogen-bond donors (Lipinski definition) is 1. The van der Waals surface area contributed by atoms with Crippen molar-refractivity contribution < 1.29 is 0 Å². The van der Waals surface area contributed by atoms with Gasteiger partial charge in [0, 0.05) is 16.5 Å². The van der Waals surface area contributed by atoms with Gasteiger partial charge in [-0.2, -0.15) is 5.26 Å². The summed E-state index contributed by atoms with van der Waals surface area (Å²) in [6, 6.07) is 6.82. The Balaban J connectivity index is 0.00000204.